The molecule has 9 heteroatoms. The van der Waals surface area contributed by atoms with E-state index < -0.39 is 0 Å². The van der Waals surface area contributed by atoms with Crippen LogP contribution in [-0.2, 0) is 0 Å². The summed E-state index contributed by atoms with van der Waals surface area (Å²) >= 11 is 21.1. The lowest BCUT2D eigenvalue weighted by atomic mass is 10.0. The zero-order chi connectivity index (χ0) is 29.5. The van der Waals surface area contributed by atoms with E-state index in [-0.39, 0.29) is 11.5 Å². The minimum absolute atomic E-state index is 0.131. The molecule has 0 bridgehead atoms. The van der Waals surface area contributed by atoms with E-state index >= 15 is 0 Å². The van der Waals surface area contributed by atoms with Crippen LogP contribution in [0.4, 0.5) is 0 Å². The van der Waals surface area contributed by atoms with Gasteiger partial charge in [-0.2, -0.15) is 0 Å². The summed E-state index contributed by atoms with van der Waals surface area (Å²) in [6.45, 7) is 15.2. The third-order valence-electron chi connectivity index (χ3n) is 5.73. The van der Waals surface area contributed by atoms with Crippen molar-refractivity contribution in [2.75, 3.05) is 0 Å². The zero-order valence-electron chi connectivity index (χ0n) is 21.6. The Kier molecular flexibility index (Phi) is 11.4. The first kappa shape index (κ1) is 31.7. The van der Waals surface area contributed by atoms with Crippen LogP contribution in [-0.4, -0.2) is 10.2 Å². The van der Waals surface area contributed by atoms with Crippen LogP contribution >= 0.6 is 82.0 Å². The maximum Gasteiger partial charge on any atom is 0.137 e. The van der Waals surface area contributed by atoms with E-state index in [1.165, 1.54) is 58.8 Å². The van der Waals surface area contributed by atoms with Gasteiger partial charge in [0.1, 0.15) is 11.5 Å². The van der Waals surface area contributed by atoms with Crippen molar-refractivity contribution in [1.29, 1.82) is 0 Å². The van der Waals surface area contributed by atoms with Crippen molar-refractivity contribution in [3.63, 3.8) is 0 Å². The number of aromatic hydroxyl groups is 2. The Morgan fingerprint density at radius 2 is 0.829 bits per heavy atom. The van der Waals surface area contributed by atoms with Crippen LogP contribution < -0.4 is 0 Å². The van der Waals surface area contributed by atoms with Crippen molar-refractivity contribution in [3.8, 4) is 33.8 Å². The number of phenols is 2. The predicted octanol–water partition coefficient (Wildman–Crippen LogP) is 12.8. The molecule has 0 saturated heterocycles. The molecule has 0 aliphatic carbocycles. The number of benzene rings is 4. The zero-order valence-corrected chi connectivity index (χ0v) is 27.2. The minimum Gasteiger partial charge on any atom is -0.506 e. The first-order chi connectivity index (χ1) is 19.9. The molecule has 2 N–H and O–H groups in total. The van der Waals surface area contributed by atoms with Crippen molar-refractivity contribution in [2.24, 2.45) is 0 Å². The monoisotopic (exact) mass is 670 g/mol. The molecule has 0 fully saturated rings. The minimum atomic E-state index is 0.131. The van der Waals surface area contributed by atoms with Crippen LogP contribution in [0.1, 0.15) is 0 Å². The van der Waals surface area contributed by atoms with Crippen molar-refractivity contribution < 1.29 is 10.2 Å². The van der Waals surface area contributed by atoms with Crippen LogP contribution in [0.15, 0.2) is 138 Å². The molecular formula is C32H24Cl2O2S5. The summed E-state index contributed by atoms with van der Waals surface area (Å²) in [5.74, 6) is 0.262. The van der Waals surface area contributed by atoms with E-state index in [1.54, 1.807) is 21.6 Å². The fourth-order valence-corrected chi connectivity index (χ4v) is 8.25. The maximum atomic E-state index is 11.1. The lowest BCUT2D eigenvalue weighted by Crippen LogP contribution is -1.91. The third-order valence-corrected chi connectivity index (χ3v) is 10.9. The molecule has 0 atom stereocenters. The number of para-hydroxylation sites is 2. The molecule has 41 heavy (non-hydrogen) atoms. The van der Waals surface area contributed by atoms with Gasteiger partial charge in [-0.05, 0) is 58.0 Å². The average molecular weight is 672 g/mol. The second-order valence-corrected chi connectivity index (χ2v) is 13.9. The van der Waals surface area contributed by atoms with Gasteiger partial charge in [0.15, 0.2) is 0 Å². The van der Waals surface area contributed by atoms with Gasteiger partial charge in [-0.1, -0.05) is 133 Å². The second kappa shape index (κ2) is 14.8. The highest BCUT2D eigenvalue weighted by Crippen LogP contribution is 2.52. The Bertz CT molecular complexity index is 1530. The van der Waals surface area contributed by atoms with E-state index in [4.69, 9.17) is 23.2 Å². The molecule has 0 amide bonds. The molecule has 4 aromatic rings. The summed E-state index contributed by atoms with van der Waals surface area (Å²) in [6.07, 6.45) is 0. The molecule has 0 heterocycles. The average Bonchev–Trinajstić information content (AvgIpc) is 2.95. The summed E-state index contributed by atoms with van der Waals surface area (Å²) in [5.41, 5.74) is 2.62. The highest BCUT2D eigenvalue weighted by molar-refractivity contribution is 8.03. The molecular weight excluding hydrogens is 648 g/mol. The van der Waals surface area contributed by atoms with Gasteiger partial charge in [-0.3, -0.25) is 0 Å². The van der Waals surface area contributed by atoms with Crippen molar-refractivity contribution in [1.82, 2.24) is 0 Å². The van der Waals surface area contributed by atoms with Crippen LogP contribution in [0, 0.1) is 0 Å². The third kappa shape index (κ3) is 6.89. The number of phenolic OH excluding ortho intramolecular Hbond substituents is 2. The predicted molar refractivity (Wildman–Crippen MR) is 185 cm³/mol. The lowest BCUT2D eigenvalue weighted by molar-refractivity contribution is 0.464. The number of hydrogen-bond donors (Lipinski definition) is 2. The lowest BCUT2D eigenvalue weighted by Gasteiger charge is -2.18. The van der Waals surface area contributed by atoms with Gasteiger partial charge >= 0.3 is 0 Å². The van der Waals surface area contributed by atoms with Gasteiger partial charge in [-0.15, -0.1) is 0 Å². The molecule has 0 unspecified atom stereocenters. The topological polar surface area (TPSA) is 40.5 Å². The SMILES string of the molecule is C=CSc1cccc(-c2c(SC=C)ccc(Sc3ccc(SC=C)c(-c4cccc(SC=C)c4O)c3Cl)c2Cl)c1O. The summed E-state index contributed by atoms with van der Waals surface area (Å²) in [4.78, 5) is 4.59. The van der Waals surface area contributed by atoms with E-state index in [0.29, 0.717) is 42.1 Å². The molecule has 0 aliphatic heterocycles. The number of halogens is 2. The van der Waals surface area contributed by atoms with Gasteiger partial charge in [-0.25, -0.2) is 0 Å². The van der Waals surface area contributed by atoms with Gasteiger partial charge < -0.3 is 10.2 Å². The quantitative estimate of drug-likeness (QED) is 0.145. The Morgan fingerprint density at radius 3 is 1.20 bits per heavy atom. The number of hydrogen-bond acceptors (Lipinski definition) is 7. The van der Waals surface area contributed by atoms with E-state index in [2.05, 4.69) is 26.3 Å². The molecule has 208 valence electrons. The number of thioether (sulfide) groups is 4. The fraction of sp³-hybridized carbons (Fsp3) is 0. The Labute approximate surface area is 272 Å². The standard InChI is InChI=1S/C32H24Cl2O2S5/c1-5-37-21-15-17-23(29(33)27(21)19-11-9-13-25(31(19)35)39-7-3)41-24-18-16-22(38-6-2)28(30(24)34)20-12-10-14-26(32(20)36)40-8-4/h5-18,35-36H,1-4H2. The van der Waals surface area contributed by atoms with Gasteiger partial charge in [0.05, 0.1) is 19.8 Å². The van der Waals surface area contributed by atoms with Gasteiger partial charge in [0.25, 0.3) is 0 Å². The van der Waals surface area contributed by atoms with Gasteiger partial charge in [0.2, 0.25) is 0 Å². The first-order valence-electron chi connectivity index (χ1n) is 11.9. The second-order valence-electron chi connectivity index (χ2n) is 8.05. The van der Waals surface area contributed by atoms with E-state index in [9.17, 15) is 10.2 Å². The molecule has 0 saturated carbocycles. The Morgan fingerprint density at radius 1 is 0.488 bits per heavy atom. The highest BCUT2D eigenvalue weighted by atomic mass is 35.5. The largest absolute Gasteiger partial charge is 0.506 e. The summed E-state index contributed by atoms with van der Waals surface area (Å²) in [6, 6.07) is 18.9. The van der Waals surface area contributed by atoms with Crippen molar-refractivity contribution in [2.45, 2.75) is 29.4 Å². The van der Waals surface area contributed by atoms with Crippen LogP contribution in [0.3, 0.4) is 0 Å². The van der Waals surface area contributed by atoms with Crippen LogP contribution in [0.25, 0.3) is 22.3 Å². The molecule has 0 radical (unpaired) electrons. The van der Waals surface area contributed by atoms with Crippen LogP contribution in [0.2, 0.25) is 10.0 Å². The summed E-state index contributed by atoms with van der Waals surface area (Å²) in [7, 11) is 0. The molecule has 0 spiro atoms. The number of rotatable bonds is 12. The van der Waals surface area contributed by atoms with Crippen LogP contribution in [0.5, 0.6) is 11.5 Å². The smallest absolute Gasteiger partial charge is 0.137 e. The van der Waals surface area contributed by atoms with Gasteiger partial charge in [0, 0.05) is 41.8 Å². The summed E-state index contributed by atoms with van der Waals surface area (Å²) in [5, 5.41) is 30.0. The Balaban J connectivity index is 1.88. The molecule has 2 nitrogen and oxygen atoms in total. The fourth-order valence-electron chi connectivity index (χ4n) is 4.05. The molecule has 4 aromatic carbocycles. The van der Waals surface area contributed by atoms with E-state index in [0.717, 1.165) is 19.6 Å². The van der Waals surface area contributed by atoms with Crippen molar-refractivity contribution >= 4 is 82.0 Å². The van der Waals surface area contributed by atoms with E-state index in [1.807, 2.05) is 60.7 Å². The van der Waals surface area contributed by atoms with Crippen molar-refractivity contribution in [3.05, 3.63) is 119 Å². The summed E-state index contributed by atoms with van der Waals surface area (Å²) < 4.78 is 0. The molecule has 0 aromatic heterocycles. The maximum absolute atomic E-state index is 11.1. The molecule has 4 rings (SSSR count). The molecule has 0 aliphatic rings. The Hall–Kier alpha value is -2.23. The first-order valence-corrected chi connectivity index (χ1v) is 17.0. The highest BCUT2D eigenvalue weighted by Gasteiger charge is 2.22. The normalized spacial score (nSPS) is 10.8.